The molecule has 0 saturated carbocycles. The van der Waals surface area contributed by atoms with Gasteiger partial charge in [-0.1, -0.05) is 43.1 Å². The van der Waals surface area contributed by atoms with Crippen molar-refractivity contribution in [1.82, 2.24) is 4.90 Å². The van der Waals surface area contributed by atoms with Crippen LogP contribution < -0.4 is 0 Å². The maximum absolute atomic E-state index is 13.1. The number of esters is 1. The lowest BCUT2D eigenvalue weighted by Gasteiger charge is -2.29. The molecule has 2 rings (SSSR count). The molecule has 0 radical (unpaired) electrons. The Labute approximate surface area is 162 Å². The second-order valence-electron chi connectivity index (χ2n) is 6.67. The van der Waals surface area contributed by atoms with Gasteiger partial charge in [0, 0.05) is 15.8 Å². The van der Waals surface area contributed by atoms with Crippen LogP contribution in [-0.2, 0) is 9.53 Å². The second kappa shape index (κ2) is 9.62. The number of amides is 1. The molecular formula is C19H26BrNO3S. The van der Waals surface area contributed by atoms with Crippen molar-refractivity contribution >= 4 is 39.6 Å². The van der Waals surface area contributed by atoms with E-state index in [1.807, 2.05) is 12.1 Å². The van der Waals surface area contributed by atoms with Gasteiger partial charge in [0.25, 0.3) is 5.91 Å². The maximum Gasteiger partial charge on any atom is 0.329 e. The monoisotopic (exact) mass is 427 g/mol. The average molecular weight is 428 g/mol. The Morgan fingerprint density at radius 3 is 2.60 bits per heavy atom. The number of hydrogen-bond donors (Lipinski definition) is 0. The average Bonchev–Trinajstić information content (AvgIpc) is 2.98. The van der Waals surface area contributed by atoms with Crippen LogP contribution >= 0.6 is 27.7 Å². The van der Waals surface area contributed by atoms with Crippen LogP contribution in [0.2, 0.25) is 0 Å². The van der Waals surface area contributed by atoms with E-state index in [0.29, 0.717) is 23.8 Å². The highest BCUT2D eigenvalue weighted by Crippen LogP contribution is 2.35. The molecule has 6 heteroatoms. The predicted octanol–water partition coefficient (Wildman–Crippen LogP) is 4.72. The van der Waals surface area contributed by atoms with Crippen molar-refractivity contribution < 1.29 is 14.3 Å². The highest BCUT2D eigenvalue weighted by atomic mass is 79.9. The maximum atomic E-state index is 13.1. The lowest BCUT2D eigenvalue weighted by Crippen LogP contribution is -2.46. The number of halogens is 1. The van der Waals surface area contributed by atoms with Crippen molar-refractivity contribution in [2.45, 2.75) is 51.4 Å². The van der Waals surface area contributed by atoms with Gasteiger partial charge in [-0.2, -0.15) is 0 Å². The van der Waals surface area contributed by atoms with Crippen LogP contribution in [0.3, 0.4) is 0 Å². The van der Waals surface area contributed by atoms with Gasteiger partial charge in [-0.3, -0.25) is 4.79 Å². The zero-order valence-corrected chi connectivity index (χ0v) is 17.4. The molecule has 0 bridgehead atoms. The van der Waals surface area contributed by atoms with Crippen LogP contribution in [0.5, 0.6) is 0 Å². The third-order valence-electron chi connectivity index (χ3n) is 4.11. The Hall–Kier alpha value is -1.01. The van der Waals surface area contributed by atoms with Gasteiger partial charge in [-0.05, 0) is 43.0 Å². The van der Waals surface area contributed by atoms with Crippen molar-refractivity contribution in [1.29, 1.82) is 0 Å². The van der Waals surface area contributed by atoms with E-state index in [9.17, 15) is 9.59 Å². The van der Waals surface area contributed by atoms with Gasteiger partial charge in [0.05, 0.1) is 12.0 Å². The van der Waals surface area contributed by atoms with E-state index < -0.39 is 6.04 Å². The minimum Gasteiger partial charge on any atom is -0.464 e. The Balaban J connectivity index is 2.19. The van der Waals surface area contributed by atoms with Crippen LogP contribution in [0, 0.1) is 5.92 Å². The van der Waals surface area contributed by atoms with Crippen molar-refractivity contribution in [3.8, 4) is 0 Å². The summed E-state index contributed by atoms with van der Waals surface area (Å²) in [6.07, 6.45) is 2.69. The van der Waals surface area contributed by atoms with Gasteiger partial charge in [-0.25, -0.2) is 4.79 Å². The lowest BCUT2D eigenvalue weighted by atomic mass is 10.1. The molecule has 25 heavy (non-hydrogen) atoms. The number of carbonyl (C=O) groups is 2. The van der Waals surface area contributed by atoms with Crippen LogP contribution in [0.15, 0.2) is 28.7 Å². The van der Waals surface area contributed by atoms with Crippen LogP contribution in [-0.4, -0.2) is 40.6 Å². The zero-order valence-electron chi connectivity index (χ0n) is 15.0. The van der Waals surface area contributed by atoms with Crippen molar-refractivity contribution in [2.75, 3.05) is 12.4 Å². The quantitative estimate of drug-likeness (QED) is 0.466. The highest BCUT2D eigenvalue weighted by Gasteiger charge is 2.42. The molecule has 1 fully saturated rings. The lowest BCUT2D eigenvalue weighted by molar-refractivity contribution is -0.148. The Bertz CT molecular complexity index is 591. The largest absolute Gasteiger partial charge is 0.464 e. The number of rotatable bonds is 7. The minimum absolute atomic E-state index is 0.0138. The topological polar surface area (TPSA) is 46.6 Å². The van der Waals surface area contributed by atoms with Crippen LogP contribution in [0.4, 0.5) is 0 Å². The fourth-order valence-electron chi connectivity index (χ4n) is 2.76. The first-order valence-electron chi connectivity index (χ1n) is 8.80. The van der Waals surface area contributed by atoms with Crippen molar-refractivity contribution in [2.24, 2.45) is 5.92 Å². The molecule has 1 amide bonds. The number of ether oxygens (including phenoxy) is 1. The molecular weight excluding hydrogens is 402 g/mol. The molecule has 0 spiro atoms. The van der Waals surface area contributed by atoms with Crippen LogP contribution in [0.25, 0.3) is 0 Å². The standard InChI is InChI=1S/C19H26BrNO3S/c1-4-5-10-24-19(23)16-12-25-17(11-13(2)3)21(16)18(22)14-6-8-15(20)9-7-14/h6-9,13,16-17H,4-5,10-12H2,1-3H3. The highest BCUT2D eigenvalue weighted by molar-refractivity contribution is 9.10. The summed E-state index contributed by atoms with van der Waals surface area (Å²) in [4.78, 5) is 27.3. The Morgan fingerprint density at radius 2 is 2.00 bits per heavy atom. The molecule has 0 N–H and O–H groups in total. The SMILES string of the molecule is CCCCOC(=O)C1CSC(CC(C)C)N1C(=O)c1ccc(Br)cc1. The summed E-state index contributed by atoms with van der Waals surface area (Å²) in [5.74, 6) is 0.677. The summed E-state index contributed by atoms with van der Waals surface area (Å²) < 4.78 is 6.33. The first-order chi connectivity index (χ1) is 11.9. The van der Waals surface area contributed by atoms with Crippen LogP contribution in [0.1, 0.15) is 50.4 Å². The van der Waals surface area contributed by atoms with E-state index in [-0.39, 0.29) is 17.3 Å². The Kier molecular flexibility index (Phi) is 7.81. The summed E-state index contributed by atoms with van der Waals surface area (Å²) >= 11 is 5.07. The minimum atomic E-state index is -0.498. The van der Waals surface area contributed by atoms with E-state index in [0.717, 1.165) is 23.7 Å². The molecule has 1 aromatic carbocycles. The Morgan fingerprint density at radius 1 is 1.32 bits per heavy atom. The molecule has 1 aromatic rings. The normalized spacial score (nSPS) is 20.1. The molecule has 1 aliphatic rings. The van der Waals surface area contributed by atoms with E-state index in [1.165, 1.54) is 0 Å². The molecule has 1 aliphatic heterocycles. The summed E-state index contributed by atoms with van der Waals surface area (Å²) in [5.41, 5.74) is 0.603. The number of unbranched alkanes of at least 4 members (excludes halogenated alkanes) is 1. The van der Waals surface area contributed by atoms with Gasteiger partial charge in [0.2, 0.25) is 0 Å². The van der Waals surface area contributed by atoms with E-state index >= 15 is 0 Å². The molecule has 2 atom stereocenters. The van der Waals surface area contributed by atoms with E-state index in [1.54, 1.807) is 28.8 Å². The molecule has 1 heterocycles. The molecule has 1 saturated heterocycles. The predicted molar refractivity (Wildman–Crippen MR) is 106 cm³/mol. The number of hydrogen-bond acceptors (Lipinski definition) is 4. The van der Waals surface area contributed by atoms with Gasteiger partial charge in [-0.15, -0.1) is 11.8 Å². The second-order valence-corrected chi connectivity index (χ2v) is 8.80. The van der Waals surface area contributed by atoms with Gasteiger partial charge in [0.1, 0.15) is 6.04 Å². The number of thioether (sulfide) groups is 1. The van der Waals surface area contributed by atoms with E-state index in [2.05, 4.69) is 36.7 Å². The summed E-state index contributed by atoms with van der Waals surface area (Å²) in [7, 11) is 0. The van der Waals surface area contributed by atoms with Gasteiger partial charge in [0.15, 0.2) is 0 Å². The smallest absolute Gasteiger partial charge is 0.329 e. The third kappa shape index (κ3) is 5.48. The van der Waals surface area contributed by atoms with Gasteiger partial charge < -0.3 is 9.64 Å². The third-order valence-corrected chi connectivity index (χ3v) is 5.95. The first-order valence-corrected chi connectivity index (χ1v) is 10.6. The van der Waals surface area contributed by atoms with Crippen molar-refractivity contribution in [3.63, 3.8) is 0 Å². The number of benzene rings is 1. The fourth-order valence-corrected chi connectivity index (χ4v) is 4.65. The molecule has 0 aliphatic carbocycles. The zero-order chi connectivity index (χ0) is 18.4. The molecule has 4 nitrogen and oxygen atoms in total. The summed E-state index contributed by atoms with van der Waals surface area (Å²) in [6.45, 7) is 6.75. The molecule has 2 unspecified atom stereocenters. The van der Waals surface area contributed by atoms with E-state index in [4.69, 9.17) is 4.74 Å². The number of nitrogens with zero attached hydrogens (tertiary/aromatic N) is 1. The number of carbonyl (C=O) groups excluding carboxylic acids is 2. The van der Waals surface area contributed by atoms with Crippen molar-refractivity contribution in [3.05, 3.63) is 34.3 Å². The molecule has 0 aromatic heterocycles. The summed E-state index contributed by atoms with van der Waals surface area (Å²) in [5, 5.41) is 0.0138. The fraction of sp³-hybridized carbons (Fsp3) is 0.579. The first kappa shape index (κ1) is 20.3. The summed E-state index contributed by atoms with van der Waals surface area (Å²) in [6, 6.07) is 6.79. The van der Waals surface area contributed by atoms with Gasteiger partial charge >= 0.3 is 5.97 Å². The molecule has 138 valence electrons.